The Morgan fingerprint density at radius 1 is 0.605 bits per heavy atom. The first-order chi connectivity index (χ1) is 18.7. The second-order valence-electron chi connectivity index (χ2n) is 11.7. The molecule has 0 radical (unpaired) electrons. The summed E-state index contributed by atoms with van der Waals surface area (Å²) >= 11 is 0. The van der Waals surface area contributed by atoms with Crippen LogP contribution >= 0.6 is 0 Å². The van der Waals surface area contributed by atoms with Crippen LogP contribution in [-0.2, 0) is 5.41 Å². The summed E-state index contributed by atoms with van der Waals surface area (Å²) in [6.45, 7) is 5.04. The van der Waals surface area contributed by atoms with Gasteiger partial charge in [0.15, 0.2) is 0 Å². The van der Waals surface area contributed by atoms with Crippen LogP contribution in [0.3, 0.4) is 0 Å². The van der Waals surface area contributed by atoms with E-state index in [1.165, 1.54) is 82.5 Å². The van der Waals surface area contributed by atoms with E-state index in [1.807, 2.05) is 0 Å². The fourth-order valence-corrected chi connectivity index (χ4v) is 8.30. The third-order valence-corrected chi connectivity index (χ3v) is 9.65. The number of para-hydroxylation sites is 3. The minimum atomic E-state index is -0.105. The molecule has 0 unspecified atom stereocenters. The van der Waals surface area contributed by atoms with Gasteiger partial charge in [-0.15, -0.1) is 0 Å². The fraction of sp³-hybridized carbons (Fsp3) is 0.0857. The maximum Gasteiger partial charge on any atom is 0.252 e. The number of hydrogen-bond acceptors (Lipinski definition) is 0. The summed E-state index contributed by atoms with van der Waals surface area (Å²) < 4.78 is 5.19. The van der Waals surface area contributed by atoms with Gasteiger partial charge in [0.25, 0.3) is 6.71 Å². The molecule has 7 aromatic rings. The number of benzene rings is 5. The van der Waals surface area contributed by atoms with Crippen molar-refractivity contribution >= 4 is 72.4 Å². The van der Waals surface area contributed by atoms with E-state index in [0.717, 1.165) is 0 Å². The topological polar surface area (TPSA) is 9.86 Å². The number of allylic oxidation sites excluding steroid dienone is 1. The second-order valence-corrected chi connectivity index (χ2v) is 11.7. The highest BCUT2D eigenvalue weighted by Crippen LogP contribution is 2.54. The molecule has 10 rings (SSSR count). The van der Waals surface area contributed by atoms with Crippen LogP contribution in [0.2, 0.25) is 0 Å². The van der Waals surface area contributed by atoms with Gasteiger partial charge in [0.05, 0.1) is 22.1 Å². The van der Waals surface area contributed by atoms with Gasteiger partial charge in [-0.05, 0) is 51.8 Å². The Hall–Kier alpha value is -4.50. The van der Waals surface area contributed by atoms with Crippen molar-refractivity contribution in [1.29, 1.82) is 0 Å². The fourth-order valence-electron chi connectivity index (χ4n) is 8.30. The van der Waals surface area contributed by atoms with Crippen LogP contribution in [0.15, 0.2) is 103 Å². The molecule has 4 heterocycles. The van der Waals surface area contributed by atoms with Gasteiger partial charge < -0.3 is 9.13 Å². The first-order valence-corrected chi connectivity index (χ1v) is 13.6. The molecule has 2 aliphatic heterocycles. The van der Waals surface area contributed by atoms with Crippen molar-refractivity contribution < 1.29 is 0 Å². The Balaban J connectivity index is 1.56. The first-order valence-electron chi connectivity index (χ1n) is 13.6. The molecule has 0 saturated carbocycles. The Morgan fingerprint density at radius 3 is 2.00 bits per heavy atom. The summed E-state index contributed by atoms with van der Waals surface area (Å²) in [5.41, 5.74) is 15.2. The Labute approximate surface area is 220 Å². The van der Waals surface area contributed by atoms with Crippen LogP contribution in [-0.4, -0.2) is 15.8 Å². The minimum absolute atomic E-state index is 0.105. The largest absolute Gasteiger partial charge is 0.313 e. The lowest BCUT2D eigenvalue weighted by Gasteiger charge is -2.35. The number of hydrogen-bond donors (Lipinski definition) is 0. The average molecular weight is 482 g/mol. The van der Waals surface area contributed by atoms with Crippen LogP contribution in [0.5, 0.6) is 0 Å². The summed E-state index contributed by atoms with van der Waals surface area (Å²) in [7, 11) is 0. The molecular formula is C35H23BN2. The van der Waals surface area contributed by atoms with Crippen molar-refractivity contribution in [2.24, 2.45) is 0 Å². The molecule has 3 aliphatic rings. The van der Waals surface area contributed by atoms with E-state index in [-0.39, 0.29) is 12.1 Å². The van der Waals surface area contributed by atoms with Gasteiger partial charge >= 0.3 is 0 Å². The molecule has 0 fully saturated rings. The van der Waals surface area contributed by atoms with Gasteiger partial charge in [0.2, 0.25) is 0 Å². The molecule has 0 N–H and O–H groups in total. The molecule has 0 atom stereocenters. The molecule has 38 heavy (non-hydrogen) atoms. The van der Waals surface area contributed by atoms with Crippen molar-refractivity contribution in [2.45, 2.75) is 19.3 Å². The minimum Gasteiger partial charge on any atom is -0.313 e. The van der Waals surface area contributed by atoms with E-state index in [2.05, 4.69) is 126 Å². The van der Waals surface area contributed by atoms with E-state index in [1.54, 1.807) is 0 Å². The van der Waals surface area contributed by atoms with Gasteiger partial charge in [-0.3, -0.25) is 0 Å². The molecule has 2 nitrogen and oxygen atoms in total. The van der Waals surface area contributed by atoms with E-state index in [9.17, 15) is 0 Å². The number of rotatable bonds is 0. The van der Waals surface area contributed by atoms with E-state index >= 15 is 0 Å². The van der Waals surface area contributed by atoms with Crippen LogP contribution < -0.4 is 10.9 Å². The highest BCUT2D eigenvalue weighted by molar-refractivity contribution is 7.04. The lowest BCUT2D eigenvalue weighted by atomic mass is 9.33. The van der Waals surface area contributed by atoms with E-state index in [4.69, 9.17) is 0 Å². The monoisotopic (exact) mass is 482 g/mol. The molecule has 5 aromatic carbocycles. The average Bonchev–Trinajstić information content (AvgIpc) is 3.55. The van der Waals surface area contributed by atoms with Crippen molar-refractivity contribution in [3.63, 3.8) is 0 Å². The van der Waals surface area contributed by atoms with E-state index in [0.29, 0.717) is 0 Å². The maximum atomic E-state index is 2.64. The standard InChI is InChI=1S/C35H23BN2/c1-35(2)25-14-6-3-13-22(25)30-34(35)38-28-17-9-5-12-21(28)24-19-23-20-11-4-8-16-27(20)37-29-18-10-7-15-26(29)36(30)31(32(23)37)33(24)38/h3-19H,1-2H3. The summed E-state index contributed by atoms with van der Waals surface area (Å²) in [6, 6.07) is 38.7. The summed E-state index contributed by atoms with van der Waals surface area (Å²) in [5, 5.41) is 5.41. The van der Waals surface area contributed by atoms with Gasteiger partial charge in [-0.2, -0.15) is 0 Å². The Morgan fingerprint density at radius 2 is 1.21 bits per heavy atom. The number of aromatic nitrogens is 2. The zero-order valence-corrected chi connectivity index (χ0v) is 21.3. The van der Waals surface area contributed by atoms with Crippen LogP contribution in [0.25, 0.3) is 60.5 Å². The molecule has 2 aromatic heterocycles. The number of nitrogens with zero attached hydrogens (tertiary/aromatic N) is 2. The Kier molecular flexibility index (Phi) is 3.16. The molecule has 176 valence electrons. The lowest BCUT2D eigenvalue weighted by Crippen LogP contribution is -2.51. The lowest BCUT2D eigenvalue weighted by molar-refractivity contribution is 0.676. The zero-order chi connectivity index (χ0) is 24.9. The van der Waals surface area contributed by atoms with Gasteiger partial charge in [0, 0.05) is 38.3 Å². The summed E-state index contributed by atoms with van der Waals surface area (Å²) in [6.07, 6.45) is 0. The SMILES string of the molecule is CC1(C)C2=C(B3c4ccccc4-n4c5ccccc5c5cc6c7ccccc7n2c6c3c54)c2ccccc21. The third-order valence-electron chi connectivity index (χ3n) is 9.65. The Bertz CT molecular complexity index is 2270. The highest BCUT2D eigenvalue weighted by Gasteiger charge is 2.50. The van der Waals surface area contributed by atoms with Gasteiger partial charge in [-0.1, -0.05) is 92.7 Å². The van der Waals surface area contributed by atoms with E-state index < -0.39 is 0 Å². The molecule has 0 amide bonds. The first kappa shape index (κ1) is 19.6. The molecular weight excluding hydrogens is 459 g/mol. The molecule has 3 heteroatoms. The van der Waals surface area contributed by atoms with Crippen molar-refractivity contribution in [2.75, 3.05) is 0 Å². The van der Waals surface area contributed by atoms with Crippen LogP contribution in [0.4, 0.5) is 0 Å². The molecule has 0 bridgehead atoms. The smallest absolute Gasteiger partial charge is 0.252 e. The third kappa shape index (κ3) is 1.92. The second kappa shape index (κ2) is 6.14. The van der Waals surface area contributed by atoms with Crippen molar-refractivity contribution in [1.82, 2.24) is 9.13 Å². The number of fused-ring (bicyclic) bond motifs is 13. The summed E-state index contributed by atoms with van der Waals surface area (Å²) in [4.78, 5) is 0. The van der Waals surface area contributed by atoms with Crippen molar-refractivity contribution in [3.8, 4) is 5.69 Å². The van der Waals surface area contributed by atoms with Gasteiger partial charge in [-0.25, -0.2) is 0 Å². The normalized spacial score (nSPS) is 16.2. The van der Waals surface area contributed by atoms with Gasteiger partial charge in [0.1, 0.15) is 0 Å². The molecule has 0 spiro atoms. The molecule has 0 saturated heterocycles. The predicted octanol–water partition coefficient (Wildman–Crippen LogP) is 7.03. The summed E-state index contributed by atoms with van der Waals surface area (Å²) in [5.74, 6) is 0. The maximum absolute atomic E-state index is 2.64. The van der Waals surface area contributed by atoms with Crippen LogP contribution in [0, 0.1) is 0 Å². The predicted molar refractivity (Wildman–Crippen MR) is 161 cm³/mol. The molecule has 1 aliphatic carbocycles. The van der Waals surface area contributed by atoms with Crippen molar-refractivity contribution in [3.05, 3.63) is 114 Å². The highest BCUT2D eigenvalue weighted by atomic mass is 15.0. The van der Waals surface area contributed by atoms with Crippen LogP contribution in [0.1, 0.15) is 25.0 Å². The quantitative estimate of drug-likeness (QED) is 0.206. The zero-order valence-electron chi connectivity index (χ0n) is 21.3.